The topological polar surface area (TPSA) is 29.3 Å². The molecule has 0 aromatic rings. The Morgan fingerprint density at radius 1 is 1.56 bits per heavy atom. The highest BCUT2D eigenvalue weighted by atomic mass is 15.1. The van der Waals surface area contributed by atoms with Crippen molar-refractivity contribution in [2.24, 2.45) is 5.73 Å². The van der Waals surface area contributed by atoms with E-state index in [1.165, 1.54) is 13.0 Å². The molecule has 0 bridgehead atoms. The number of nitrogens with two attached hydrogens (primary N) is 1. The maximum Gasteiger partial charge on any atom is 0.00786 e. The molecule has 1 fully saturated rings. The first kappa shape index (κ1) is 7.03. The third-order valence-corrected chi connectivity index (χ3v) is 2.25. The number of piperidine rings is 1. The molecule has 1 aliphatic heterocycles. The van der Waals surface area contributed by atoms with Crippen LogP contribution < -0.4 is 5.73 Å². The number of nitrogens with zero attached hydrogens (tertiary/aromatic N) is 1. The Morgan fingerprint density at radius 2 is 2.22 bits per heavy atom. The molecule has 2 nitrogen and oxygen atoms in total. The summed E-state index contributed by atoms with van der Waals surface area (Å²) in [5.74, 6) is 0. The fraction of sp³-hybridized carbons (Fsp3) is 1.00. The van der Waals surface area contributed by atoms with Gasteiger partial charge in [0, 0.05) is 12.1 Å². The van der Waals surface area contributed by atoms with Crippen LogP contribution in [0.15, 0.2) is 0 Å². The molecule has 0 unspecified atom stereocenters. The Kier molecular flexibility index (Phi) is 2.09. The van der Waals surface area contributed by atoms with Crippen molar-refractivity contribution in [3.8, 4) is 0 Å². The fourth-order valence-corrected chi connectivity index (χ4v) is 1.33. The van der Waals surface area contributed by atoms with Gasteiger partial charge in [-0.2, -0.15) is 0 Å². The van der Waals surface area contributed by atoms with Crippen LogP contribution in [0.1, 0.15) is 19.8 Å². The lowest BCUT2D eigenvalue weighted by Crippen LogP contribution is -2.43. The summed E-state index contributed by atoms with van der Waals surface area (Å²) >= 11 is 0. The van der Waals surface area contributed by atoms with Gasteiger partial charge < -0.3 is 10.6 Å². The summed E-state index contributed by atoms with van der Waals surface area (Å²) in [5.41, 5.74) is 5.76. The third-order valence-electron chi connectivity index (χ3n) is 2.25. The first-order chi connectivity index (χ1) is 4.20. The van der Waals surface area contributed by atoms with Crippen LogP contribution in [-0.4, -0.2) is 30.6 Å². The average molecular weight is 128 g/mol. The number of hydrogen-bond acceptors (Lipinski definition) is 2. The van der Waals surface area contributed by atoms with Crippen molar-refractivity contribution in [2.75, 3.05) is 13.6 Å². The highest BCUT2D eigenvalue weighted by molar-refractivity contribution is 4.78. The summed E-state index contributed by atoms with van der Waals surface area (Å²) in [6.45, 7) is 3.40. The summed E-state index contributed by atoms with van der Waals surface area (Å²) in [6.07, 6.45) is 2.33. The quantitative estimate of drug-likeness (QED) is 0.512. The van der Waals surface area contributed by atoms with Crippen molar-refractivity contribution in [3.05, 3.63) is 0 Å². The van der Waals surface area contributed by atoms with E-state index in [2.05, 4.69) is 18.9 Å². The van der Waals surface area contributed by atoms with Crippen LogP contribution in [0.5, 0.6) is 0 Å². The SMILES string of the molecule is C[C@H]1C[C@H](N)CCN1C. The van der Waals surface area contributed by atoms with Gasteiger partial charge in [-0.15, -0.1) is 0 Å². The smallest absolute Gasteiger partial charge is 0.00786 e. The molecule has 9 heavy (non-hydrogen) atoms. The molecule has 0 aliphatic carbocycles. The van der Waals surface area contributed by atoms with Gasteiger partial charge in [0.25, 0.3) is 0 Å². The van der Waals surface area contributed by atoms with Crippen LogP contribution in [0.25, 0.3) is 0 Å². The minimum absolute atomic E-state index is 0.455. The van der Waals surface area contributed by atoms with Gasteiger partial charge in [-0.3, -0.25) is 0 Å². The number of likely N-dealkylation sites (tertiary alicyclic amines) is 1. The molecular formula is C7H16N2. The maximum atomic E-state index is 5.76. The van der Waals surface area contributed by atoms with E-state index >= 15 is 0 Å². The summed E-state index contributed by atoms with van der Waals surface area (Å²) in [7, 11) is 2.16. The van der Waals surface area contributed by atoms with E-state index in [0.717, 1.165) is 6.42 Å². The summed E-state index contributed by atoms with van der Waals surface area (Å²) in [6, 6.07) is 1.14. The second-order valence-electron chi connectivity index (χ2n) is 3.11. The molecule has 0 radical (unpaired) electrons. The van der Waals surface area contributed by atoms with Crippen LogP contribution >= 0.6 is 0 Å². The average Bonchev–Trinajstić information content (AvgIpc) is 1.80. The lowest BCUT2D eigenvalue weighted by Gasteiger charge is -2.33. The molecule has 2 atom stereocenters. The second-order valence-corrected chi connectivity index (χ2v) is 3.11. The molecule has 2 N–H and O–H groups in total. The second kappa shape index (κ2) is 2.67. The van der Waals surface area contributed by atoms with Gasteiger partial charge in [-0.05, 0) is 33.4 Å². The summed E-state index contributed by atoms with van der Waals surface area (Å²) in [4.78, 5) is 2.36. The molecule has 0 aromatic carbocycles. The first-order valence-electron chi connectivity index (χ1n) is 3.66. The zero-order chi connectivity index (χ0) is 6.85. The number of hydrogen-bond donors (Lipinski definition) is 1. The van der Waals surface area contributed by atoms with Gasteiger partial charge in [0.15, 0.2) is 0 Å². The molecule has 0 saturated carbocycles. The van der Waals surface area contributed by atoms with Gasteiger partial charge in [0.05, 0.1) is 0 Å². The highest BCUT2D eigenvalue weighted by Crippen LogP contribution is 2.12. The predicted octanol–water partition coefficient (Wildman–Crippen LogP) is 0.428. The molecule has 0 aromatic heterocycles. The van der Waals surface area contributed by atoms with E-state index in [0.29, 0.717) is 12.1 Å². The van der Waals surface area contributed by atoms with Gasteiger partial charge in [-0.1, -0.05) is 0 Å². The molecule has 1 saturated heterocycles. The summed E-state index contributed by atoms with van der Waals surface area (Å²) < 4.78 is 0. The van der Waals surface area contributed by atoms with E-state index in [9.17, 15) is 0 Å². The van der Waals surface area contributed by atoms with E-state index < -0.39 is 0 Å². The minimum atomic E-state index is 0.455. The van der Waals surface area contributed by atoms with Gasteiger partial charge >= 0.3 is 0 Å². The fourth-order valence-electron chi connectivity index (χ4n) is 1.33. The van der Waals surface area contributed by atoms with Gasteiger partial charge in [0.1, 0.15) is 0 Å². The largest absolute Gasteiger partial charge is 0.328 e. The molecule has 0 spiro atoms. The first-order valence-corrected chi connectivity index (χ1v) is 3.66. The maximum absolute atomic E-state index is 5.76. The molecule has 1 aliphatic rings. The van der Waals surface area contributed by atoms with Crippen molar-refractivity contribution in [2.45, 2.75) is 31.8 Å². The zero-order valence-electron chi connectivity index (χ0n) is 6.30. The van der Waals surface area contributed by atoms with Crippen LogP contribution in [0.2, 0.25) is 0 Å². The summed E-state index contributed by atoms with van der Waals surface area (Å²) in [5, 5.41) is 0. The Balaban J connectivity index is 2.35. The minimum Gasteiger partial charge on any atom is -0.328 e. The van der Waals surface area contributed by atoms with E-state index in [1.807, 2.05) is 0 Å². The molecule has 0 amide bonds. The van der Waals surface area contributed by atoms with Crippen molar-refractivity contribution in [1.82, 2.24) is 4.90 Å². The monoisotopic (exact) mass is 128 g/mol. The molecule has 1 heterocycles. The Morgan fingerprint density at radius 3 is 2.67 bits per heavy atom. The van der Waals surface area contributed by atoms with Crippen molar-refractivity contribution < 1.29 is 0 Å². The van der Waals surface area contributed by atoms with Crippen molar-refractivity contribution >= 4 is 0 Å². The van der Waals surface area contributed by atoms with Crippen molar-refractivity contribution in [3.63, 3.8) is 0 Å². The lowest BCUT2D eigenvalue weighted by atomic mass is 10.0. The normalized spacial score (nSPS) is 39.0. The van der Waals surface area contributed by atoms with Crippen LogP contribution in [0.3, 0.4) is 0 Å². The van der Waals surface area contributed by atoms with Crippen molar-refractivity contribution in [1.29, 1.82) is 0 Å². The Labute approximate surface area is 57.0 Å². The standard InChI is InChI=1S/C7H16N2/c1-6-5-7(8)3-4-9(6)2/h6-7H,3-5,8H2,1-2H3/t6-,7+/m0/s1. The predicted molar refractivity (Wildman–Crippen MR) is 39.3 cm³/mol. The lowest BCUT2D eigenvalue weighted by molar-refractivity contribution is 0.184. The Bertz CT molecular complexity index is 92.9. The molecule has 2 heteroatoms. The van der Waals surface area contributed by atoms with Crippen LogP contribution in [0, 0.1) is 0 Å². The third kappa shape index (κ3) is 1.66. The molecule has 1 rings (SSSR count). The zero-order valence-corrected chi connectivity index (χ0v) is 6.30. The Hall–Kier alpha value is -0.0800. The molecule has 54 valence electrons. The van der Waals surface area contributed by atoms with Gasteiger partial charge in [-0.25, -0.2) is 0 Å². The van der Waals surface area contributed by atoms with Gasteiger partial charge in [0.2, 0.25) is 0 Å². The van der Waals surface area contributed by atoms with E-state index in [-0.39, 0.29) is 0 Å². The van der Waals surface area contributed by atoms with Crippen LogP contribution in [-0.2, 0) is 0 Å². The van der Waals surface area contributed by atoms with E-state index in [4.69, 9.17) is 5.73 Å². The van der Waals surface area contributed by atoms with E-state index in [1.54, 1.807) is 0 Å². The van der Waals surface area contributed by atoms with Crippen LogP contribution in [0.4, 0.5) is 0 Å². The molecular weight excluding hydrogens is 112 g/mol. The number of rotatable bonds is 0. The highest BCUT2D eigenvalue weighted by Gasteiger charge is 2.18.